The molecule has 2 aromatic carbocycles. The predicted molar refractivity (Wildman–Crippen MR) is 131 cm³/mol. The third-order valence-corrected chi connectivity index (χ3v) is 5.22. The molecule has 0 saturated carbocycles. The van der Waals surface area contributed by atoms with Gasteiger partial charge in [-0.1, -0.05) is 24.3 Å². The molecule has 0 spiro atoms. The Bertz CT molecular complexity index is 876. The van der Waals surface area contributed by atoms with Crippen molar-refractivity contribution in [2.45, 2.75) is 25.8 Å². The topological polar surface area (TPSA) is 74.8 Å². The lowest BCUT2D eigenvalue weighted by Crippen LogP contribution is -2.40. The zero-order valence-electron chi connectivity index (χ0n) is 16.5. The number of methoxy groups -OCH3 is 1. The fraction of sp³-hybridized carbons (Fsp3) is 0.333. The minimum atomic E-state index is 0. The van der Waals surface area contributed by atoms with Gasteiger partial charge in [0.2, 0.25) is 5.91 Å². The molecule has 0 aliphatic carbocycles. The van der Waals surface area contributed by atoms with E-state index in [0.29, 0.717) is 19.5 Å². The molecule has 8 heteroatoms. The summed E-state index contributed by atoms with van der Waals surface area (Å²) in [5, 5.41) is 9.59. The van der Waals surface area contributed by atoms with Crippen molar-refractivity contribution in [3.05, 3.63) is 58.1 Å². The summed E-state index contributed by atoms with van der Waals surface area (Å²) in [6.07, 6.45) is 0.467. The van der Waals surface area contributed by atoms with Gasteiger partial charge in [0.05, 0.1) is 18.1 Å². The van der Waals surface area contributed by atoms with Crippen molar-refractivity contribution in [2.75, 3.05) is 25.5 Å². The highest BCUT2D eigenvalue weighted by Crippen LogP contribution is 2.31. The number of guanidine groups is 1. The van der Waals surface area contributed by atoms with E-state index in [2.05, 4.69) is 42.9 Å². The van der Waals surface area contributed by atoms with Gasteiger partial charge in [0.1, 0.15) is 5.75 Å². The third kappa shape index (κ3) is 6.33. The number of benzene rings is 2. The van der Waals surface area contributed by atoms with Crippen molar-refractivity contribution >= 4 is 57.5 Å². The van der Waals surface area contributed by atoms with Crippen LogP contribution in [0, 0.1) is 0 Å². The summed E-state index contributed by atoms with van der Waals surface area (Å²) in [5.41, 5.74) is 3.13. The Kier molecular flexibility index (Phi) is 9.22. The summed E-state index contributed by atoms with van der Waals surface area (Å²) in [5.74, 6) is 1.70. The molecule has 3 N–H and O–H groups in total. The van der Waals surface area contributed by atoms with Gasteiger partial charge in [0.25, 0.3) is 0 Å². The highest BCUT2D eigenvalue weighted by atomic mass is 127. The lowest BCUT2D eigenvalue weighted by molar-refractivity contribution is -0.116. The van der Waals surface area contributed by atoms with Gasteiger partial charge in [-0.05, 0) is 52.2 Å². The molecule has 0 saturated heterocycles. The first-order chi connectivity index (χ1) is 13.6. The number of para-hydroxylation sites is 1. The van der Waals surface area contributed by atoms with E-state index < -0.39 is 0 Å². The summed E-state index contributed by atoms with van der Waals surface area (Å²) in [6.45, 7) is 3.98. The van der Waals surface area contributed by atoms with Crippen molar-refractivity contribution in [3.8, 4) is 5.75 Å². The average molecular weight is 573 g/mol. The van der Waals surface area contributed by atoms with Crippen LogP contribution in [-0.4, -0.2) is 32.1 Å². The van der Waals surface area contributed by atoms with Crippen LogP contribution in [0.15, 0.2) is 51.9 Å². The Balaban J connectivity index is 0.00000300. The van der Waals surface area contributed by atoms with Crippen LogP contribution in [0.25, 0.3) is 0 Å². The molecule has 2 aromatic rings. The SMILES string of the molecule is CCNC(=NCc1ccc(OC)c(Br)c1)NCC1CC(=O)Nc2ccccc21.I. The Hall–Kier alpha value is -1.81. The molecule has 156 valence electrons. The molecule has 3 rings (SSSR count). The van der Waals surface area contributed by atoms with Crippen LogP contribution in [0.5, 0.6) is 5.75 Å². The number of nitrogens with zero attached hydrogens (tertiary/aromatic N) is 1. The Morgan fingerprint density at radius 1 is 1.28 bits per heavy atom. The van der Waals surface area contributed by atoms with Crippen LogP contribution in [0.3, 0.4) is 0 Å². The number of fused-ring (bicyclic) bond motifs is 1. The predicted octanol–water partition coefficient (Wildman–Crippen LogP) is 4.26. The van der Waals surface area contributed by atoms with Gasteiger partial charge in [0.15, 0.2) is 5.96 Å². The van der Waals surface area contributed by atoms with Gasteiger partial charge in [-0.3, -0.25) is 4.79 Å². The first-order valence-corrected chi connectivity index (χ1v) is 10.1. The van der Waals surface area contributed by atoms with Crippen LogP contribution < -0.4 is 20.7 Å². The van der Waals surface area contributed by atoms with Gasteiger partial charge in [-0.15, -0.1) is 24.0 Å². The Morgan fingerprint density at radius 3 is 2.79 bits per heavy atom. The maximum Gasteiger partial charge on any atom is 0.225 e. The molecule has 1 unspecified atom stereocenters. The number of anilines is 1. The average Bonchev–Trinajstić information content (AvgIpc) is 2.69. The Morgan fingerprint density at radius 2 is 2.07 bits per heavy atom. The number of aliphatic imine (C=N–C) groups is 1. The molecule has 0 fully saturated rings. The molecule has 6 nitrogen and oxygen atoms in total. The van der Waals surface area contributed by atoms with Gasteiger partial charge in [0, 0.05) is 31.1 Å². The molecule has 1 amide bonds. The van der Waals surface area contributed by atoms with Crippen LogP contribution >= 0.6 is 39.9 Å². The lowest BCUT2D eigenvalue weighted by Gasteiger charge is -2.26. The second-order valence-electron chi connectivity index (χ2n) is 6.58. The zero-order chi connectivity index (χ0) is 19.9. The van der Waals surface area contributed by atoms with Crippen LogP contribution in [0.4, 0.5) is 5.69 Å². The van der Waals surface area contributed by atoms with Crippen molar-refractivity contribution in [1.82, 2.24) is 10.6 Å². The highest BCUT2D eigenvalue weighted by molar-refractivity contribution is 14.0. The lowest BCUT2D eigenvalue weighted by atomic mass is 9.90. The molecule has 1 aliphatic heterocycles. The quantitative estimate of drug-likeness (QED) is 0.275. The molecular weight excluding hydrogens is 547 g/mol. The number of amides is 1. The van der Waals surface area contributed by atoms with Crippen LogP contribution in [0.1, 0.15) is 30.4 Å². The first-order valence-electron chi connectivity index (χ1n) is 9.34. The van der Waals surface area contributed by atoms with Gasteiger partial charge in [-0.2, -0.15) is 0 Å². The zero-order valence-corrected chi connectivity index (χ0v) is 20.4. The summed E-state index contributed by atoms with van der Waals surface area (Å²) >= 11 is 3.51. The smallest absolute Gasteiger partial charge is 0.225 e. The number of rotatable bonds is 6. The number of carbonyl (C=O) groups excluding carboxylic acids is 1. The number of hydrogen-bond donors (Lipinski definition) is 3. The molecule has 0 aromatic heterocycles. The number of nitrogens with one attached hydrogen (secondary N) is 3. The second-order valence-corrected chi connectivity index (χ2v) is 7.44. The molecule has 1 heterocycles. The van der Waals surface area contributed by atoms with Crippen molar-refractivity contribution < 1.29 is 9.53 Å². The monoisotopic (exact) mass is 572 g/mol. The standard InChI is InChI=1S/C21H25BrN4O2.HI/c1-3-23-21(24-12-14-8-9-19(28-2)17(22)10-14)25-13-15-11-20(27)26-18-7-5-4-6-16(15)18;/h4-10,15H,3,11-13H2,1-2H3,(H,26,27)(H2,23,24,25);1H. The molecule has 29 heavy (non-hydrogen) atoms. The van der Waals surface area contributed by atoms with Crippen molar-refractivity contribution in [2.24, 2.45) is 4.99 Å². The number of carbonyl (C=O) groups is 1. The summed E-state index contributed by atoms with van der Waals surface area (Å²) in [4.78, 5) is 16.7. The summed E-state index contributed by atoms with van der Waals surface area (Å²) < 4.78 is 6.18. The normalized spacial score (nSPS) is 15.6. The number of hydrogen-bond acceptors (Lipinski definition) is 3. The summed E-state index contributed by atoms with van der Waals surface area (Å²) in [6, 6.07) is 13.9. The van der Waals surface area contributed by atoms with E-state index in [0.717, 1.165) is 39.5 Å². The van der Waals surface area contributed by atoms with E-state index in [1.807, 2.05) is 43.3 Å². The number of ether oxygens (including phenoxy) is 1. The number of halogens is 2. The van der Waals surface area contributed by atoms with Gasteiger partial charge < -0.3 is 20.7 Å². The maximum atomic E-state index is 12.0. The summed E-state index contributed by atoms with van der Waals surface area (Å²) in [7, 11) is 1.65. The largest absolute Gasteiger partial charge is 0.496 e. The van der Waals surface area contributed by atoms with Crippen molar-refractivity contribution in [1.29, 1.82) is 0 Å². The first kappa shape index (κ1) is 23.5. The third-order valence-electron chi connectivity index (χ3n) is 4.60. The van der Waals surface area contributed by atoms with E-state index >= 15 is 0 Å². The van der Waals surface area contributed by atoms with Crippen molar-refractivity contribution in [3.63, 3.8) is 0 Å². The van der Waals surface area contributed by atoms with Crippen LogP contribution in [0.2, 0.25) is 0 Å². The second kappa shape index (κ2) is 11.4. The molecule has 1 atom stereocenters. The van der Waals surface area contributed by atoms with Gasteiger partial charge >= 0.3 is 0 Å². The van der Waals surface area contributed by atoms with E-state index in [1.165, 1.54) is 0 Å². The Labute approximate surface area is 197 Å². The van der Waals surface area contributed by atoms with E-state index in [-0.39, 0.29) is 35.8 Å². The van der Waals surface area contributed by atoms with E-state index in [9.17, 15) is 4.79 Å². The fourth-order valence-electron chi connectivity index (χ4n) is 3.22. The van der Waals surface area contributed by atoms with Gasteiger partial charge in [-0.25, -0.2) is 4.99 Å². The van der Waals surface area contributed by atoms with Crippen LogP contribution in [-0.2, 0) is 11.3 Å². The fourth-order valence-corrected chi connectivity index (χ4v) is 3.81. The maximum absolute atomic E-state index is 12.0. The van der Waals surface area contributed by atoms with E-state index in [1.54, 1.807) is 7.11 Å². The molecule has 1 aliphatic rings. The van der Waals surface area contributed by atoms with E-state index in [4.69, 9.17) is 4.74 Å². The molecule has 0 radical (unpaired) electrons. The minimum Gasteiger partial charge on any atom is -0.496 e. The highest BCUT2D eigenvalue weighted by Gasteiger charge is 2.24. The molecule has 0 bridgehead atoms. The molecular formula is C21H26BrIN4O2. The minimum absolute atomic E-state index is 0.